The summed E-state index contributed by atoms with van der Waals surface area (Å²) in [6, 6.07) is 8.08. The number of anilines is 1. The lowest BCUT2D eigenvalue weighted by molar-refractivity contribution is 0.185. The van der Waals surface area contributed by atoms with Crippen molar-refractivity contribution in [2.24, 2.45) is 7.05 Å². The lowest BCUT2D eigenvalue weighted by Crippen LogP contribution is -2.03. The van der Waals surface area contributed by atoms with Crippen LogP contribution in [0, 0.1) is 0 Å². The summed E-state index contributed by atoms with van der Waals surface area (Å²) in [7, 11) is 3.65. The van der Waals surface area contributed by atoms with Crippen LogP contribution in [0.5, 0.6) is 0 Å². The van der Waals surface area contributed by atoms with Crippen molar-refractivity contribution in [1.82, 2.24) is 9.55 Å². The Morgan fingerprint density at radius 2 is 2.00 bits per heavy atom. The largest absolute Gasteiger partial charge is 0.383 e. The van der Waals surface area contributed by atoms with Crippen molar-refractivity contribution in [3.63, 3.8) is 0 Å². The van der Waals surface area contributed by atoms with Crippen molar-refractivity contribution >= 4 is 5.82 Å². The van der Waals surface area contributed by atoms with Gasteiger partial charge in [-0.15, -0.1) is 0 Å². The molecule has 2 N–H and O–H groups in total. The van der Waals surface area contributed by atoms with Crippen molar-refractivity contribution in [2.45, 2.75) is 26.4 Å². The zero-order valence-corrected chi connectivity index (χ0v) is 12.0. The smallest absolute Gasteiger partial charge is 0.131 e. The molecule has 0 radical (unpaired) electrons. The van der Waals surface area contributed by atoms with Gasteiger partial charge < -0.3 is 15.0 Å². The summed E-state index contributed by atoms with van der Waals surface area (Å²) in [5.41, 5.74) is 9.19. The number of methoxy groups -OCH3 is 1. The van der Waals surface area contributed by atoms with E-state index in [9.17, 15) is 0 Å². The Hall–Kier alpha value is -1.81. The summed E-state index contributed by atoms with van der Waals surface area (Å²) in [6.45, 7) is 4.79. The molecule has 0 aliphatic rings. The number of nitrogens with two attached hydrogens (primary N) is 1. The first kappa shape index (κ1) is 13.6. The average Bonchev–Trinajstić information content (AvgIpc) is 2.68. The van der Waals surface area contributed by atoms with E-state index in [0.717, 1.165) is 22.6 Å². The van der Waals surface area contributed by atoms with Crippen LogP contribution in [0.1, 0.15) is 31.2 Å². The van der Waals surface area contributed by atoms with Gasteiger partial charge in [-0.25, -0.2) is 4.98 Å². The number of ether oxygens (including phenoxy) is 1. The number of imidazole rings is 1. The van der Waals surface area contributed by atoms with Crippen LogP contribution in [0.15, 0.2) is 24.3 Å². The van der Waals surface area contributed by atoms with Gasteiger partial charge in [0.2, 0.25) is 0 Å². The summed E-state index contributed by atoms with van der Waals surface area (Å²) in [5, 5.41) is 0. The van der Waals surface area contributed by atoms with Crippen molar-refractivity contribution in [3.8, 4) is 11.3 Å². The van der Waals surface area contributed by atoms with E-state index in [-0.39, 0.29) is 0 Å². The molecule has 1 heterocycles. The quantitative estimate of drug-likeness (QED) is 0.918. The first-order chi connectivity index (χ1) is 9.06. The first-order valence-corrected chi connectivity index (χ1v) is 6.45. The van der Waals surface area contributed by atoms with E-state index in [1.54, 1.807) is 7.11 Å². The molecule has 0 saturated carbocycles. The molecular weight excluding hydrogens is 238 g/mol. The third-order valence-corrected chi connectivity index (χ3v) is 3.26. The zero-order valence-electron chi connectivity index (χ0n) is 12.0. The van der Waals surface area contributed by atoms with Gasteiger partial charge in [-0.1, -0.05) is 38.1 Å². The molecule has 0 saturated heterocycles. The molecule has 4 nitrogen and oxygen atoms in total. The van der Waals surface area contributed by atoms with Crippen molar-refractivity contribution in [2.75, 3.05) is 12.8 Å². The topological polar surface area (TPSA) is 53.1 Å². The molecule has 1 aromatic heterocycles. The lowest BCUT2D eigenvalue weighted by atomic mass is 10.1. The second kappa shape index (κ2) is 5.45. The van der Waals surface area contributed by atoms with Crippen LogP contribution in [0.3, 0.4) is 0 Å². The molecule has 1 aromatic carbocycles. The first-order valence-electron chi connectivity index (χ1n) is 6.45. The van der Waals surface area contributed by atoms with E-state index in [1.807, 2.05) is 35.9 Å². The molecule has 2 aromatic rings. The maximum Gasteiger partial charge on any atom is 0.131 e. The summed E-state index contributed by atoms with van der Waals surface area (Å²) in [4.78, 5) is 4.70. The number of hydrogen-bond acceptors (Lipinski definition) is 3. The van der Waals surface area contributed by atoms with Crippen LogP contribution >= 0.6 is 0 Å². The number of nitrogen functional groups attached to an aromatic ring is 1. The molecule has 19 heavy (non-hydrogen) atoms. The van der Waals surface area contributed by atoms with E-state index in [0.29, 0.717) is 18.3 Å². The van der Waals surface area contributed by atoms with Gasteiger partial charge in [0, 0.05) is 25.6 Å². The average molecular weight is 259 g/mol. The van der Waals surface area contributed by atoms with E-state index >= 15 is 0 Å². The molecular formula is C15H21N3O. The van der Waals surface area contributed by atoms with Crippen LogP contribution in [-0.4, -0.2) is 16.7 Å². The number of nitrogens with zero attached hydrogens (tertiary/aromatic N) is 2. The normalized spacial score (nSPS) is 11.2. The van der Waals surface area contributed by atoms with Gasteiger partial charge in [0.1, 0.15) is 17.3 Å². The summed E-state index contributed by atoms with van der Waals surface area (Å²) in [5.74, 6) is 2.04. The van der Waals surface area contributed by atoms with E-state index in [4.69, 9.17) is 15.5 Å². The molecule has 0 aliphatic carbocycles. The minimum absolute atomic E-state index is 0.343. The minimum atomic E-state index is 0.343. The highest BCUT2D eigenvalue weighted by atomic mass is 16.5. The number of benzene rings is 1. The SMILES string of the molecule is COCc1ccccc1-c1nc(C(C)C)n(C)c1N. The monoisotopic (exact) mass is 259 g/mol. The highest BCUT2D eigenvalue weighted by Gasteiger charge is 2.17. The van der Waals surface area contributed by atoms with Gasteiger partial charge in [-0.2, -0.15) is 0 Å². The Morgan fingerprint density at radius 3 is 2.58 bits per heavy atom. The van der Waals surface area contributed by atoms with Crippen LogP contribution in [-0.2, 0) is 18.4 Å². The van der Waals surface area contributed by atoms with Crippen LogP contribution in [0.2, 0.25) is 0 Å². The fraction of sp³-hybridized carbons (Fsp3) is 0.400. The molecule has 0 fully saturated rings. The second-order valence-electron chi connectivity index (χ2n) is 5.01. The molecule has 0 bridgehead atoms. The van der Waals surface area contributed by atoms with Crippen molar-refractivity contribution in [3.05, 3.63) is 35.7 Å². The molecule has 4 heteroatoms. The predicted molar refractivity (Wildman–Crippen MR) is 77.9 cm³/mol. The van der Waals surface area contributed by atoms with Crippen molar-refractivity contribution < 1.29 is 4.74 Å². The Balaban J connectivity index is 2.56. The molecule has 0 aliphatic heterocycles. The highest BCUT2D eigenvalue weighted by Crippen LogP contribution is 2.31. The molecule has 0 spiro atoms. The molecule has 102 valence electrons. The second-order valence-corrected chi connectivity index (χ2v) is 5.01. The van der Waals surface area contributed by atoms with Gasteiger partial charge in [-0.05, 0) is 5.56 Å². The number of hydrogen-bond donors (Lipinski definition) is 1. The Kier molecular flexibility index (Phi) is 3.90. The lowest BCUT2D eigenvalue weighted by Gasteiger charge is -2.07. The molecule has 0 atom stereocenters. The predicted octanol–water partition coefficient (Wildman–Crippen LogP) is 2.94. The third-order valence-electron chi connectivity index (χ3n) is 3.26. The summed E-state index contributed by atoms with van der Waals surface area (Å²) < 4.78 is 7.20. The van der Waals surface area contributed by atoms with Gasteiger partial charge in [-0.3, -0.25) is 0 Å². The fourth-order valence-electron chi connectivity index (χ4n) is 2.28. The van der Waals surface area contributed by atoms with Gasteiger partial charge in [0.25, 0.3) is 0 Å². The molecule has 0 unspecified atom stereocenters. The molecule has 0 amide bonds. The van der Waals surface area contributed by atoms with E-state index in [1.165, 1.54) is 0 Å². The Bertz CT molecular complexity index is 573. The van der Waals surface area contributed by atoms with Crippen LogP contribution in [0.25, 0.3) is 11.3 Å². The fourth-order valence-corrected chi connectivity index (χ4v) is 2.28. The van der Waals surface area contributed by atoms with Crippen LogP contribution in [0.4, 0.5) is 5.82 Å². The number of aromatic nitrogens is 2. The summed E-state index contributed by atoms with van der Waals surface area (Å²) >= 11 is 0. The van der Waals surface area contributed by atoms with Gasteiger partial charge >= 0.3 is 0 Å². The van der Waals surface area contributed by atoms with Crippen molar-refractivity contribution in [1.29, 1.82) is 0 Å². The standard InChI is InChI=1S/C15H21N3O/c1-10(2)15-17-13(14(16)18(15)3)12-8-6-5-7-11(12)9-19-4/h5-8,10H,9,16H2,1-4H3. The Labute approximate surface area is 114 Å². The van der Waals surface area contributed by atoms with Gasteiger partial charge in [0.15, 0.2) is 0 Å². The zero-order chi connectivity index (χ0) is 14.0. The highest BCUT2D eigenvalue weighted by molar-refractivity contribution is 5.73. The maximum absolute atomic E-state index is 6.20. The molecule has 2 rings (SSSR count). The number of rotatable bonds is 4. The van der Waals surface area contributed by atoms with E-state index < -0.39 is 0 Å². The Morgan fingerprint density at radius 1 is 1.32 bits per heavy atom. The van der Waals surface area contributed by atoms with E-state index in [2.05, 4.69) is 13.8 Å². The van der Waals surface area contributed by atoms with Crippen LogP contribution < -0.4 is 5.73 Å². The summed E-state index contributed by atoms with van der Waals surface area (Å²) in [6.07, 6.45) is 0. The third kappa shape index (κ3) is 2.49. The minimum Gasteiger partial charge on any atom is -0.383 e. The van der Waals surface area contributed by atoms with Gasteiger partial charge in [0.05, 0.1) is 6.61 Å². The maximum atomic E-state index is 6.20.